The van der Waals surface area contributed by atoms with Crippen molar-refractivity contribution in [1.82, 2.24) is 0 Å². The second-order valence-electron chi connectivity index (χ2n) is 4.55. The fourth-order valence-electron chi connectivity index (χ4n) is 1.93. The molecule has 0 bridgehead atoms. The fourth-order valence-corrected chi connectivity index (χ4v) is 2.31. The largest absolute Gasteiger partial charge is 0.465 e. The van der Waals surface area contributed by atoms with Gasteiger partial charge < -0.3 is 10.1 Å². The maximum atomic E-state index is 13.2. The van der Waals surface area contributed by atoms with E-state index in [1.54, 1.807) is 25.1 Å². The van der Waals surface area contributed by atoms with Crippen LogP contribution in [-0.4, -0.2) is 19.0 Å². The van der Waals surface area contributed by atoms with Crippen LogP contribution in [0.5, 0.6) is 0 Å². The Kier molecular flexibility index (Phi) is 4.92. The van der Waals surface area contributed by atoms with Gasteiger partial charge in [0.1, 0.15) is 5.82 Å². The van der Waals surface area contributed by atoms with Gasteiger partial charge in [-0.3, -0.25) is 4.79 Å². The van der Waals surface area contributed by atoms with Gasteiger partial charge in [0.15, 0.2) is 0 Å². The van der Waals surface area contributed by atoms with Crippen LogP contribution in [0.15, 0.2) is 40.9 Å². The summed E-state index contributed by atoms with van der Waals surface area (Å²) in [4.78, 5) is 23.9. The summed E-state index contributed by atoms with van der Waals surface area (Å²) in [5, 5.41) is 2.70. The second kappa shape index (κ2) is 6.70. The van der Waals surface area contributed by atoms with Crippen molar-refractivity contribution in [3.63, 3.8) is 0 Å². The third-order valence-electron chi connectivity index (χ3n) is 3.17. The van der Waals surface area contributed by atoms with Crippen molar-refractivity contribution in [3.8, 4) is 0 Å². The Bertz CT molecular complexity index is 746. The number of benzene rings is 2. The number of rotatable bonds is 3. The fraction of sp³-hybridized carbons (Fsp3) is 0.125. The minimum absolute atomic E-state index is 0.209. The molecule has 0 saturated carbocycles. The van der Waals surface area contributed by atoms with Crippen molar-refractivity contribution in [3.05, 3.63) is 63.4 Å². The molecular formula is C16H13BrFNO3. The smallest absolute Gasteiger partial charge is 0.338 e. The minimum atomic E-state index is -0.474. The Labute approximate surface area is 135 Å². The van der Waals surface area contributed by atoms with Crippen LogP contribution in [0.2, 0.25) is 0 Å². The summed E-state index contributed by atoms with van der Waals surface area (Å²) in [6.45, 7) is 1.71. The van der Waals surface area contributed by atoms with Crippen LogP contribution < -0.4 is 5.32 Å². The molecule has 0 unspecified atom stereocenters. The maximum Gasteiger partial charge on any atom is 0.338 e. The summed E-state index contributed by atoms with van der Waals surface area (Å²) >= 11 is 3.04. The van der Waals surface area contributed by atoms with Gasteiger partial charge in [-0.05, 0) is 58.7 Å². The average Bonchev–Trinajstić information content (AvgIpc) is 2.51. The molecule has 0 aromatic heterocycles. The molecule has 0 heterocycles. The first-order valence-corrected chi connectivity index (χ1v) is 7.17. The Morgan fingerprint density at radius 3 is 2.59 bits per heavy atom. The predicted octanol–water partition coefficient (Wildman–Crippen LogP) is 3.94. The standard InChI is InChI=1S/C16H13BrFNO3/c1-9-11(16(21)22-2)4-3-5-14(9)19-15(20)10-6-7-13(18)12(17)8-10/h3-8H,1-2H3,(H,19,20). The Balaban J connectivity index is 2.28. The molecule has 2 aromatic carbocycles. The first-order valence-electron chi connectivity index (χ1n) is 6.38. The van der Waals surface area contributed by atoms with Crippen LogP contribution in [-0.2, 0) is 4.74 Å². The topological polar surface area (TPSA) is 55.4 Å². The summed E-state index contributed by atoms with van der Waals surface area (Å²) in [6.07, 6.45) is 0. The van der Waals surface area contributed by atoms with E-state index in [0.717, 1.165) is 0 Å². The van der Waals surface area contributed by atoms with E-state index in [0.29, 0.717) is 22.4 Å². The number of anilines is 1. The second-order valence-corrected chi connectivity index (χ2v) is 5.41. The molecule has 0 atom stereocenters. The van der Waals surface area contributed by atoms with E-state index in [1.165, 1.54) is 25.3 Å². The number of methoxy groups -OCH3 is 1. The highest BCUT2D eigenvalue weighted by Crippen LogP contribution is 2.22. The molecular weight excluding hydrogens is 353 g/mol. The van der Waals surface area contributed by atoms with Crippen LogP contribution in [0.4, 0.5) is 10.1 Å². The Hall–Kier alpha value is -2.21. The van der Waals surface area contributed by atoms with E-state index in [9.17, 15) is 14.0 Å². The SMILES string of the molecule is COC(=O)c1cccc(NC(=O)c2ccc(F)c(Br)c2)c1C. The molecule has 0 aliphatic rings. The van der Waals surface area contributed by atoms with E-state index in [2.05, 4.69) is 21.2 Å². The molecule has 6 heteroatoms. The van der Waals surface area contributed by atoms with E-state index in [4.69, 9.17) is 4.74 Å². The van der Waals surface area contributed by atoms with Crippen molar-refractivity contribution in [1.29, 1.82) is 0 Å². The van der Waals surface area contributed by atoms with Crippen molar-refractivity contribution in [2.45, 2.75) is 6.92 Å². The number of esters is 1. The van der Waals surface area contributed by atoms with Crippen molar-refractivity contribution in [2.75, 3.05) is 12.4 Å². The lowest BCUT2D eigenvalue weighted by molar-refractivity contribution is 0.0599. The molecule has 114 valence electrons. The number of nitrogens with one attached hydrogen (secondary N) is 1. The lowest BCUT2D eigenvalue weighted by Crippen LogP contribution is -2.14. The van der Waals surface area contributed by atoms with Crippen LogP contribution in [0, 0.1) is 12.7 Å². The quantitative estimate of drug-likeness (QED) is 0.838. The summed E-state index contributed by atoms with van der Waals surface area (Å²) in [7, 11) is 1.29. The van der Waals surface area contributed by atoms with Gasteiger partial charge in [0.25, 0.3) is 5.91 Å². The molecule has 0 aliphatic carbocycles. The number of halogens is 2. The molecule has 1 amide bonds. The van der Waals surface area contributed by atoms with Crippen molar-refractivity contribution < 1.29 is 18.7 Å². The summed E-state index contributed by atoms with van der Waals surface area (Å²) in [5.41, 5.74) is 1.77. The van der Waals surface area contributed by atoms with Gasteiger partial charge in [-0.2, -0.15) is 0 Å². The van der Waals surface area contributed by atoms with Crippen molar-refractivity contribution in [2.24, 2.45) is 0 Å². The molecule has 4 nitrogen and oxygen atoms in total. The summed E-state index contributed by atoms with van der Waals surface area (Å²) < 4.78 is 18.1. The van der Waals surface area contributed by atoms with Crippen LogP contribution in [0.25, 0.3) is 0 Å². The molecule has 0 radical (unpaired) electrons. The third kappa shape index (κ3) is 3.33. The third-order valence-corrected chi connectivity index (χ3v) is 3.78. The number of ether oxygens (including phenoxy) is 1. The molecule has 0 aliphatic heterocycles. The van der Waals surface area contributed by atoms with E-state index in [-0.39, 0.29) is 4.47 Å². The zero-order chi connectivity index (χ0) is 16.3. The summed E-state index contributed by atoms with van der Waals surface area (Å²) in [6, 6.07) is 8.93. The van der Waals surface area contributed by atoms with Crippen molar-refractivity contribution >= 4 is 33.5 Å². The number of carbonyl (C=O) groups excluding carboxylic acids is 2. The Morgan fingerprint density at radius 1 is 1.23 bits per heavy atom. The number of hydrogen-bond acceptors (Lipinski definition) is 3. The van der Waals surface area contributed by atoms with Gasteiger partial charge in [0.2, 0.25) is 0 Å². The Morgan fingerprint density at radius 2 is 1.95 bits per heavy atom. The van der Waals surface area contributed by atoms with Gasteiger partial charge in [-0.15, -0.1) is 0 Å². The van der Waals surface area contributed by atoms with Gasteiger partial charge >= 0.3 is 5.97 Å². The maximum absolute atomic E-state index is 13.2. The van der Waals surface area contributed by atoms with Crippen LogP contribution in [0.3, 0.4) is 0 Å². The highest BCUT2D eigenvalue weighted by Gasteiger charge is 2.14. The van der Waals surface area contributed by atoms with E-state index >= 15 is 0 Å². The molecule has 2 aromatic rings. The average molecular weight is 366 g/mol. The molecule has 2 rings (SSSR count). The molecule has 22 heavy (non-hydrogen) atoms. The molecule has 0 fully saturated rings. The number of hydrogen-bond donors (Lipinski definition) is 1. The minimum Gasteiger partial charge on any atom is -0.465 e. The molecule has 0 spiro atoms. The first kappa shape index (κ1) is 16.2. The first-order chi connectivity index (χ1) is 10.4. The lowest BCUT2D eigenvalue weighted by atomic mass is 10.1. The number of carbonyl (C=O) groups is 2. The molecule has 0 saturated heterocycles. The van der Waals surface area contributed by atoms with Gasteiger partial charge in [0.05, 0.1) is 17.1 Å². The van der Waals surface area contributed by atoms with E-state index < -0.39 is 17.7 Å². The predicted molar refractivity (Wildman–Crippen MR) is 84.6 cm³/mol. The highest BCUT2D eigenvalue weighted by molar-refractivity contribution is 9.10. The van der Waals surface area contributed by atoms with Crippen LogP contribution >= 0.6 is 15.9 Å². The van der Waals surface area contributed by atoms with Gasteiger partial charge in [0, 0.05) is 11.3 Å². The normalized spacial score (nSPS) is 10.2. The summed E-state index contributed by atoms with van der Waals surface area (Å²) in [5.74, 6) is -1.32. The zero-order valence-electron chi connectivity index (χ0n) is 11.9. The molecule has 1 N–H and O–H groups in total. The lowest BCUT2D eigenvalue weighted by Gasteiger charge is -2.11. The highest BCUT2D eigenvalue weighted by atomic mass is 79.9. The monoisotopic (exact) mass is 365 g/mol. The number of amides is 1. The zero-order valence-corrected chi connectivity index (χ0v) is 13.5. The van der Waals surface area contributed by atoms with Crippen LogP contribution in [0.1, 0.15) is 26.3 Å². The van der Waals surface area contributed by atoms with E-state index in [1.807, 2.05) is 0 Å². The van der Waals surface area contributed by atoms with Gasteiger partial charge in [-0.25, -0.2) is 9.18 Å². The van der Waals surface area contributed by atoms with Gasteiger partial charge in [-0.1, -0.05) is 6.07 Å².